The molecule has 0 radical (unpaired) electrons. The van der Waals surface area contributed by atoms with Crippen LogP contribution in [-0.2, 0) is 12.8 Å². The van der Waals surface area contributed by atoms with E-state index in [0.29, 0.717) is 22.3 Å². The van der Waals surface area contributed by atoms with Crippen molar-refractivity contribution in [1.29, 1.82) is 0 Å². The van der Waals surface area contributed by atoms with E-state index in [-0.39, 0.29) is 0 Å². The van der Waals surface area contributed by atoms with Crippen LogP contribution in [0.3, 0.4) is 0 Å². The van der Waals surface area contributed by atoms with Crippen LogP contribution < -0.4 is 0 Å². The molecule has 146 valence electrons. The molecule has 2 saturated carbocycles. The second-order valence-corrected chi connectivity index (χ2v) is 9.54. The van der Waals surface area contributed by atoms with Gasteiger partial charge in [0.25, 0.3) is 0 Å². The molecule has 0 aliphatic heterocycles. The lowest BCUT2D eigenvalue weighted by Crippen LogP contribution is -1.98. The van der Waals surface area contributed by atoms with Crippen LogP contribution in [0.25, 0.3) is 0 Å². The summed E-state index contributed by atoms with van der Waals surface area (Å²) >= 11 is 0. The third-order valence-electron chi connectivity index (χ3n) is 7.22. The molecule has 2 aliphatic carbocycles. The van der Waals surface area contributed by atoms with Crippen molar-refractivity contribution in [2.75, 3.05) is 0 Å². The molecular formula is C24H38O2. The van der Waals surface area contributed by atoms with Crippen molar-refractivity contribution in [2.45, 2.75) is 104 Å². The minimum atomic E-state index is 0.373. The molecule has 0 atom stereocenters. The standard InChI is InChI=1S/C24H38O2/c1-3-24(15-16-24)12-7-4-5-9-19-17-22(26)20(18-21(19)25)10-6-8-11-23(2)13-14-23/h17-18,25-26H,3-16H2,1-2H3. The van der Waals surface area contributed by atoms with E-state index in [1.807, 2.05) is 0 Å². The molecule has 2 fully saturated rings. The van der Waals surface area contributed by atoms with E-state index in [1.165, 1.54) is 64.2 Å². The van der Waals surface area contributed by atoms with Crippen LogP contribution in [0.2, 0.25) is 0 Å². The summed E-state index contributed by atoms with van der Waals surface area (Å²) in [4.78, 5) is 0. The average molecular weight is 359 g/mol. The zero-order valence-corrected chi connectivity index (χ0v) is 16.9. The Hall–Kier alpha value is -1.18. The zero-order chi connectivity index (χ0) is 18.6. The fourth-order valence-corrected chi connectivity index (χ4v) is 4.34. The van der Waals surface area contributed by atoms with Gasteiger partial charge in [0, 0.05) is 0 Å². The Kier molecular flexibility index (Phi) is 6.20. The summed E-state index contributed by atoms with van der Waals surface area (Å²) in [6.07, 6.45) is 17.3. The molecule has 2 aliphatic rings. The first-order chi connectivity index (χ1) is 12.5. The summed E-state index contributed by atoms with van der Waals surface area (Å²) < 4.78 is 0. The molecule has 1 aromatic carbocycles. The highest BCUT2D eigenvalue weighted by Gasteiger charge is 2.39. The first kappa shape index (κ1) is 19.6. The van der Waals surface area contributed by atoms with Gasteiger partial charge in [0.05, 0.1) is 0 Å². The van der Waals surface area contributed by atoms with Crippen LogP contribution in [-0.4, -0.2) is 10.2 Å². The molecule has 0 saturated heterocycles. The van der Waals surface area contributed by atoms with Gasteiger partial charge in [-0.3, -0.25) is 0 Å². The van der Waals surface area contributed by atoms with Gasteiger partial charge in [0.2, 0.25) is 0 Å². The number of aryl methyl sites for hydroxylation is 2. The van der Waals surface area contributed by atoms with Gasteiger partial charge in [0.1, 0.15) is 11.5 Å². The Labute approximate surface area is 160 Å². The van der Waals surface area contributed by atoms with Gasteiger partial charge in [-0.1, -0.05) is 39.5 Å². The fourth-order valence-electron chi connectivity index (χ4n) is 4.34. The van der Waals surface area contributed by atoms with E-state index in [2.05, 4.69) is 13.8 Å². The van der Waals surface area contributed by atoms with Gasteiger partial charge in [0.15, 0.2) is 0 Å². The molecular weight excluding hydrogens is 320 g/mol. The quantitative estimate of drug-likeness (QED) is 0.315. The highest BCUT2D eigenvalue weighted by Crippen LogP contribution is 2.52. The third kappa shape index (κ3) is 5.41. The largest absolute Gasteiger partial charge is 0.508 e. The first-order valence-electron chi connectivity index (χ1n) is 11.0. The lowest BCUT2D eigenvalue weighted by atomic mass is 9.94. The molecule has 2 heteroatoms. The molecule has 0 unspecified atom stereocenters. The van der Waals surface area contributed by atoms with Gasteiger partial charge >= 0.3 is 0 Å². The maximum atomic E-state index is 10.3. The number of phenols is 2. The van der Waals surface area contributed by atoms with Crippen LogP contribution in [0.15, 0.2) is 12.1 Å². The van der Waals surface area contributed by atoms with Crippen LogP contribution in [0.4, 0.5) is 0 Å². The molecule has 1 aromatic rings. The summed E-state index contributed by atoms with van der Waals surface area (Å²) in [6.45, 7) is 4.69. The molecule has 0 spiro atoms. The van der Waals surface area contributed by atoms with Gasteiger partial charge in [-0.05, 0) is 98.3 Å². The van der Waals surface area contributed by atoms with Crippen molar-refractivity contribution >= 4 is 0 Å². The number of rotatable bonds is 12. The molecule has 2 nitrogen and oxygen atoms in total. The van der Waals surface area contributed by atoms with Gasteiger partial charge < -0.3 is 10.2 Å². The van der Waals surface area contributed by atoms with Crippen LogP contribution in [0.5, 0.6) is 11.5 Å². The number of phenolic OH excluding ortho intramolecular Hbond substituents is 2. The number of hydrogen-bond acceptors (Lipinski definition) is 2. The van der Waals surface area contributed by atoms with E-state index in [0.717, 1.165) is 36.8 Å². The van der Waals surface area contributed by atoms with Crippen molar-refractivity contribution in [3.63, 3.8) is 0 Å². The summed E-state index contributed by atoms with van der Waals surface area (Å²) in [7, 11) is 0. The van der Waals surface area contributed by atoms with Crippen LogP contribution in [0, 0.1) is 10.8 Å². The van der Waals surface area contributed by atoms with Gasteiger partial charge in [-0.15, -0.1) is 0 Å². The molecule has 26 heavy (non-hydrogen) atoms. The number of aromatic hydroxyl groups is 2. The number of hydrogen-bond donors (Lipinski definition) is 2. The van der Waals surface area contributed by atoms with E-state index in [4.69, 9.17) is 0 Å². The molecule has 0 heterocycles. The summed E-state index contributed by atoms with van der Waals surface area (Å²) in [6, 6.07) is 3.61. The second-order valence-electron chi connectivity index (χ2n) is 9.54. The van der Waals surface area contributed by atoms with Crippen molar-refractivity contribution < 1.29 is 10.2 Å². The predicted molar refractivity (Wildman–Crippen MR) is 109 cm³/mol. The van der Waals surface area contributed by atoms with E-state index in [1.54, 1.807) is 12.1 Å². The monoisotopic (exact) mass is 358 g/mol. The maximum absolute atomic E-state index is 10.3. The molecule has 0 amide bonds. The van der Waals surface area contributed by atoms with E-state index >= 15 is 0 Å². The first-order valence-corrected chi connectivity index (χ1v) is 11.0. The smallest absolute Gasteiger partial charge is 0.119 e. The Morgan fingerprint density at radius 1 is 0.769 bits per heavy atom. The van der Waals surface area contributed by atoms with Crippen molar-refractivity contribution in [1.82, 2.24) is 0 Å². The van der Waals surface area contributed by atoms with Crippen molar-refractivity contribution in [3.05, 3.63) is 23.3 Å². The maximum Gasteiger partial charge on any atom is 0.119 e. The average Bonchev–Trinajstić information content (AvgIpc) is 3.54. The summed E-state index contributed by atoms with van der Waals surface area (Å²) in [5.41, 5.74) is 3.13. The topological polar surface area (TPSA) is 40.5 Å². The molecule has 0 bridgehead atoms. The number of benzene rings is 1. The third-order valence-corrected chi connectivity index (χ3v) is 7.22. The highest BCUT2D eigenvalue weighted by molar-refractivity contribution is 5.45. The Morgan fingerprint density at radius 2 is 1.31 bits per heavy atom. The van der Waals surface area contributed by atoms with E-state index in [9.17, 15) is 10.2 Å². The van der Waals surface area contributed by atoms with Crippen LogP contribution in [0.1, 0.15) is 102 Å². The minimum absolute atomic E-state index is 0.373. The molecule has 3 rings (SSSR count). The summed E-state index contributed by atoms with van der Waals surface area (Å²) in [5, 5.41) is 20.7. The summed E-state index contributed by atoms with van der Waals surface area (Å²) in [5.74, 6) is 0.748. The normalized spacial score (nSPS) is 19.5. The SMILES string of the molecule is CCC1(CCCCCc2cc(O)c(CCCCC3(C)CC3)cc2O)CC1. The molecule has 2 N–H and O–H groups in total. The fraction of sp³-hybridized carbons (Fsp3) is 0.750. The Morgan fingerprint density at radius 3 is 1.81 bits per heavy atom. The minimum Gasteiger partial charge on any atom is -0.508 e. The van der Waals surface area contributed by atoms with E-state index < -0.39 is 0 Å². The lowest BCUT2D eigenvalue weighted by Gasteiger charge is -2.13. The molecule has 0 aromatic heterocycles. The van der Waals surface area contributed by atoms with Gasteiger partial charge in [-0.2, -0.15) is 0 Å². The van der Waals surface area contributed by atoms with Crippen LogP contribution >= 0.6 is 0 Å². The number of unbranched alkanes of at least 4 members (excludes halogenated alkanes) is 3. The second kappa shape index (κ2) is 8.23. The lowest BCUT2D eigenvalue weighted by molar-refractivity contribution is 0.420. The Bertz CT molecular complexity index is 596. The van der Waals surface area contributed by atoms with Crippen molar-refractivity contribution in [3.8, 4) is 11.5 Å². The van der Waals surface area contributed by atoms with Crippen molar-refractivity contribution in [2.24, 2.45) is 10.8 Å². The van der Waals surface area contributed by atoms with Gasteiger partial charge in [-0.25, -0.2) is 0 Å². The predicted octanol–water partition coefficient (Wildman–Crippen LogP) is 6.90. The highest BCUT2D eigenvalue weighted by atomic mass is 16.3. The Balaban J connectivity index is 1.38. The zero-order valence-electron chi connectivity index (χ0n) is 16.9.